The minimum Gasteiger partial charge on any atom is -0.396 e. The molecule has 0 amide bonds. The Morgan fingerprint density at radius 2 is 2.25 bits per heavy atom. The third-order valence-corrected chi connectivity index (χ3v) is 4.26. The largest absolute Gasteiger partial charge is 0.396 e. The molecule has 1 unspecified atom stereocenters. The van der Waals surface area contributed by atoms with E-state index in [9.17, 15) is 8.42 Å². The second kappa shape index (κ2) is 4.77. The Labute approximate surface area is 94.8 Å². The molecule has 0 radical (unpaired) electrons. The van der Waals surface area contributed by atoms with Gasteiger partial charge in [-0.2, -0.15) is 4.31 Å². The Hall–Kier alpha value is -1.18. The molecular formula is C9H15N3O3S. The zero-order valence-corrected chi connectivity index (χ0v) is 9.98. The number of hydrogen-bond acceptors (Lipinski definition) is 5. The minimum atomic E-state index is -3.74. The van der Waals surface area contributed by atoms with Crippen LogP contribution in [0.2, 0.25) is 0 Å². The lowest BCUT2D eigenvalue weighted by molar-refractivity contribution is 0.213. The topological polar surface area (TPSA) is 96.5 Å². The van der Waals surface area contributed by atoms with Crippen molar-refractivity contribution in [2.75, 3.05) is 19.4 Å². The lowest BCUT2D eigenvalue weighted by Gasteiger charge is -2.22. The number of aromatic nitrogens is 1. The van der Waals surface area contributed by atoms with Gasteiger partial charge in [-0.25, -0.2) is 13.4 Å². The number of aliphatic hydroxyl groups is 1. The summed E-state index contributed by atoms with van der Waals surface area (Å²) in [6.07, 6.45) is 1.36. The van der Waals surface area contributed by atoms with Gasteiger partial charge in [0.2, 0.25) is 0 Å². The predicted octanol–water partition coefficient (Wildman–Crippen LogP) is -0.335. The van der Waals surface area contributed by atoms with Crippen molar-refractivity contribution in [2.45, 2.75) is 18.0 Å². The number of nitrogens with two attached hydrogens (primary N) is 1. The van der Waals surface area contributed by atoms with Crippen molar-refractivity contribution in [1.82, 2.24) is 9.29 Å². The van der Waals surface area contributed by atoms with Crippen molar-refractivity contribution in [1.29, 1.82) is 0 Å². The SMILES string of the molecule is CC(CO)N(C)S(=O)(=O)c1ncccc1N. The van der Waals surface area contributed by atoms with Gasteiger partial charge in [0.1, 0.15) is 0 Å². The van der Waals surface area contributed by atoms with E-state index in [0.717, 1.165) is 4.31 Å². The van der Waals surface area contributed by atoms with E-state index in [-0.39, 0.29) is 17.3 Å². The van der Waals surface area contributed by atoms with Gasteiger partial charge in [-0.15, -0.1) is 0 Å². The van der Waals surface area contributed by atoms with Gasteiger partial charge < -0.3 is 10.8 Å². The van der Waals surface area contributed by atoms with Crippen LogP contribution in [0.25, 0.3) is 0 Å². The number of likely N-dealkylation sites (N-methyl/N-ethyl adjacent to an activating group) is 1. The van der Waals surface area contributed by atoms with Gasteiger partial charge in [0, 0.05) is 19.3 Å². The predicted molar refractivity (Wildman–Crippen MR) is 60.1 cm³/mol. The molecule has 7 heteroatoms. The fraction of sp³-hybridized carbons (Fsp3) is 0.444. The second-order valence-electron chi connectivity index (χ2n) is 3.45. The average molecular weight is 245 g/mol. The highest BCUT2D eigenvalue weighted by atomic mass is 32.2. The molecule has 0 saturated carbocycles. The Morgan fingerprint density at radius 1 is 1.62 bits per heavy atom. The number of hydrogen-bond donors (Lipinski definition) is 2. The van der Waals surface area contributed by atoms with Crippen molar-refractivity contribution < 1.29 is 13.5 Å². The van der Waals surface area contributed by atoms with E-state index in [1.54, 1.807) is 13.0 Å². The molecule has 1 heterocycles. The zero-order valence-electron chi connectivity index (χ0n) is 9.16. The number of sulfonamides is 1. The number of nitrogens with zero attached hydrogens (tertiary/aromatic N) is 2. The number of aliphatic hydroxyl groups excluding tert-OH is 1. The molecular weight excluding hydrogens is 230 g/mol. The van der Waals surface area contributed by atoms with Crippen molar-refractivity contribution in [3.05, 3.63) is 18.3 Å². The fourth-order valence-electron chi connectivity index (χ4n) is 1.11. The highest BCUT2D eigenvalue weighted by Gasteiger charge is 2.27. The van der Waals surface area contributed by atoms with Gasteiger partial charge >= 0.3 is 0 Å². The number of anilines is 1. The Kier molecular flexibility index (Phi) is 3.84. The summed E-state index contributed by atoms with van der Waals surface area (Å²) in [6, 6.07) is 2.51. The first-order valence-electron chi connectivity index (χ1n) is 4.70. The van der Waals surface area contributed by atoms with Crippen LogP contribution in [0.5, 0.6) is 0 Å². The van der Waals surface area contributed by atoms with E-state index in [4.69, 9.17) is 10.8 Å². The van der Waals surface area contributed by atoms with Crippen LogP contribution in [0.15, 0.2) is 23.4 Å². The summed E-state index contributed by atoms with van der Waals surface area (Å²) < 4.78 is 25.1. The lowest BCUT2D eigenvalue weighted by atomic mass is 10.4. The highest BCUT2D eigenvalue weighted by molar-refractivity contribution is 7.89. The van der Waals surface area contributed by atoms with Gasteiger partial charge in [-0.1, -0.05) is 0 Å². The summed E-state index contributed by atoms with van der Waals surface area (Å²) in [5.74, 6) is 0. The van der Waals surface area contributed by atoms with E-state index in [2.05, 4.69) is 4.98 Å². The molecule has 1 rings (SSSR count). The molecule has 0 aromatic carbocycles. The molecule has 16 heavy (non-hydrogen) atoms. The quantitative estimate of drug-likeness (QED) is 0.756. The van der Waals surface area contributed by atoms with Crippen LogP contribution in [-0.2, 0) is 10.0 Å². The first-order valence-corrected chi connectivity index (χ1v) is 6.14. The summed E-state index contributed by atoms with van der Waals surface area (Å²) in [5.41, 5.74) is 5.65. The first-order chi connectivity index (χ1) is 7.41. The van der Waals surface area contributed by atoms with Crippen LogP contribution in [0.1, 0.15) is 6.92 Å². The first kappa shape index (κ1) is 12.9. The number of nitrogen functional groups attached to an aromatic ring is 1. The van der Waals surface area contributed by atoms with Crippen LogP contribution in [0.3, 0.4) is 0 Å². The fourth-order valence-corrected chi connectivity index (χ4v) is 2.48. The third kappa shape index (κ3) is 2.31. The van der Waals surface area contributed by atoms with E-state index in [0.29, 0.717) is 0 Å². The van der Waals surface area contributed by atoms with Crippen molar-refractivity contribution in [3.8, 4) is 0 Å². The third-order valence-electron chi connectivity index (χ3n) is 2.31. The smallest absolute Gasteiger partial charge is 0.262 e. The van der Waals surface area contributed by atoms with Gasteiger partial charge in [0.25, 0.3) is 10.0 Å². The molecule has 90 valence electrons. The molecule has 0 bridgehead atoms. The van der Waals surface area contributed by atoms with E-state index >= 15 is 0 Å². The standard InChI is InChI=1S/C9H15N3O3S/c1-7(6-13)12(2)16(14,15)9-8(10)4-3-5-11-9/h3-5,7,13H,6,10H2,1-2H3. The van der Waals surface area contributed by atoms with Gasteiger partial charge in [-0.05, 0) is 19.1 Å². The zero-order chi connectivity index (χ0) is 12.3. The van der Waals surface area contributed by atoms with Crippen molar-refractivity contribution in [3.63, 3.8) is 0 Å². The Bertz CT molecular complexity index is 461. The minimum absolute atomic E-state index is 0.0967. The van der Waals surface area contributed by atoms with Crippen LogP contribution in [-0.4, -0.2) is 42.5 Å². The molecule has 0 aliphatic carbocycles. The van der Waals surface area contributed by atoms with Crippen LogP contribution < -0.4 is 5.73 Å². The van der Waals surface area contributed by atoms with Crippen molar-refractivity contribution in [2.24, 2.45) is 0 Å². The second-order valence-corrected chi connectivity index (χ2v) is 5.36. The maximum absolute atomic E-state index is 12.0. The maximum Gasteiger partial charge on any atom is 0.262 e. The molecule has 1 aromatic rings. The van der Waals surface area contributed by atoms with E-state index in [1.807, 2.05) is 0 Å². The molecule has 0 fully saturated rings. The van der Waals surface area contributed by atoms with Crippen molar-refractivity contribution >= 4 is 15.7 Å². The maximum atomic E-state index is 12.0. The normalized spacial score (nSPS) is 14.0. The van der Waals surface area contributed by atoms with Crippen LogP contribution in [0.4, 0.5) is 5.69 Å². The Morgan fingerprint density at radius 3 is 2.75 bits per heavy atom. The molecule has 0 spiro atoms. The van der Waals surface area contributed by atoms with Crippen LogP contribution >= 0.6 is 0 Å². The molecule has 0 aliphatic rings. The summed E-state index contributed by atoms with van der Waals surface area (Å²) in [7, 11) is -2.36. The summed E-state index contributed by atoms with van der Waals surface area (Å²) in [5, 5.41) is 8.74. The Balaban J connectivity index is 3.17. The van der Waals surface area contributed by atoms with Gasteiger partial charge in [0.05, 0.1) is 12.3 Å². The molecule has 0 aliphatic heterocycles. The number of pyridine rings is 1. The van der Waals surface area contributed by atoms with E-state index < -0.39 is 16.1 Å². The molecule has 6 nitrogen and oxygen atoms in total. The summed E-state index contributed by atoms with van der Waals surface area (Å²) in [4.78, 5) is 3.75. The number of rotatable bonds is 4. The summed E-state index contributed by atoms with van der Waals surface area (Å²) >= 11 is 0. The monoisotopic (exact) mass is 245 g/mol. The molecule has 3 N–H and O–H groups in total. The highest BCUT2D eigenvalue weighted by Crippen LogP contribution is 2.19. The van der Waals surface area contributed by atoms with Gasteiger partial charge in [0.15, 0.2) is 5.03 Å². The molecule has 0 saturated heterocycles. The van der Waals surface area contributed by atoms with Crippen LogP contribution in [0, 0.1) is 0 Å². The molecule has 1 atom stereocenters. The average Bonchev–Trinajstić information content (AvgIpc) is 2.27. The van der Waals surface area contributed by atoms with Gasteiger partial charge in [-0.3, -0.25) is 0 Å². The summed E-state index contributed by atoms with van der Waals surface area (Å²) in [6.45, 7) is 1.33. The lowest BCUT2D eigenvalue weighted by Crippen LogP contribution is -2.37. The van der Waals surface area contributed by atoms with E-state index in [1.165, 1.54) is 19.3 Å². The molecule has 1 aromatic heterocycles.